The summed E-state index contributed by atoms with van der Waals surface area (Å²) >= 11 is 3.27. The molecule has 0 radical (unpaired) electrons. The van der Waals surface area contributed by atoms with E-state index in [0.29, 0.717) is 6.42 Å². The van der Waals surface area contributed by atoms with Crippen molar-refractivity contribution in [3.05, 3.63) is 23.2 Å². The van der Waals surface area contributed by atoms with E-state index < -0.39 is 5.97 Å². The number of carboxylic acids is 1. The van der Waals surface area contributed by atoms with Crippen LogP contribution in [0.15, 0.2) is 23.2 Å². The molecule has 0 aromatic heterocycles. The summed E-state index contributed by atoms with van der Waals surface area (Å²) < 4.78 is 0. The molecule has 0 rings (SSSR count). The van der Waals surface area contributed by atoms with Gasteiger partial charge in [-0.15, -0.1) is 0 Å². The fourth-order valence-electron chi connectivity index (χ4n) is 1.89. The summed E-state index contributed by atoms with van der Waals surface area (Å²) in [6, 6.07) is 0. The Morgan fingerprint density at radius 2 is 1.62 bits per heavy atom. The van der Waals surface area contributed by atoms with Gasteiger partial charge >= 0.3 is 5.97 Å². The molecule has 0 aromatic carbocycles. The second-order valence-electron chi connectivity index (χ2n) is 5.03. The van der Waals surface area contributed by atoms with Crippen molar-refractivity contribution in [2.45, 2.75) is 70.6 Å². The number of rotatable bonds is 12. The lowest BCUT2D eigenvalue weighted by Crippen LogP contribution is -1.92. The maximum atomic E-state index is 10.3. The van der Waals surface area contributed by atoms with Gasteiger partial charge in [0.1, 0.15) is 0 Å². The van der Waals surface area contributed by atoms with Gasteiger partial charge in [0, 0.05) is 12.8 Å². The summed E-state index contributed by atoms with van der Waals surface area (Å²) in [5, 5.41) is 8.47. The Morgan fingerprint density at radius 1 is 0.952 bits per heavy atom. The normalized spacial score (nSPS) is 10.9. The minimum Gasteiger partial charge on any atom is -0.481 e. The van der Waals surface area contributed by atoms with E-state index >= 15 is 0 Å². The first-order chi connectivity index (χ1) is 10.3. The average Bonchev–Trinajstić information content (AvgIpc) is 2.46. The highest BCUT2D eigenvalue weighted by Crippen LogP contribution is 2.08. The lowest BCUT2D eigenvalue weighted by molar-refractivity contribution is -0.137. The number of aliphatic carboxylic acids is 1. The van der Waals surface area contributed by atoms with Gasteiger partial charge in [0.05, 0.1) is 0 Å². The Morgan fingerprint density at radius 3 is 2.33 bits per heavy atom. The Bertz CT molecular complexity index is 361. The summed E-state index contributed by atoms with van der Waals surface area (Å²) in [4.78, 5) is 12.2. The number of hydrogen-bond donors (Lipinski definition) is 1. The van der Waals surface area contributed by atoms with Gasteiger partial charge in [0.15, 0.2) is 0 Å². The maximum absolute atomic E-state index is 10.3. The third kappa shape index (κ3) is 19.0. The minimum absolute atomic E-state index is 0.240. The van der Waals surface area contributed by atoms with Gasteiger partial charge in [0.25, 0.3) is 0 Å². The fraction of sp³-hybridized carbons (Fsp3) is 0.611. The van der Waals surface area contributed by atoms with E-state index in [0.717, 1.165) is 12.8 Å². The SMILES string of the molecule is O=C(O)CCCC=CC#CCCCCCCCCC=CBr. The highest BCUT2D eigenvalue weighted by molar-refractivity contribution is 9.11. The van der Waals surface area contributed by atoms with Crippen LogP contribution in [0.25, 0.3) is 0 Å². The molecule has 0 aliphatic carbocycles. The van der Waals surface area contributed by atoms with Crippen LogP contribution in [0.4, 0.5) is 0 Å². The van der Waals surface area contributed by atoms with Crippen LogP contribution in [0.1, 0.15) is 70.6 Å². The molecular weight excluding hydrogens is 328 g/mol. The van der Waals surface area contributed by atoms with Crippen LogP contribution in [0.5, 0.6) is 0 Å². The zero-order valence-corrected chi connectivity index (χ0v) is 14.4. The van der Waals surface area contributed by atoms with Crippen LogP contribution < -0.4 is 0 Å². The zero-order valence-electron chi connectivity index (χ0n) is 12.8. The van der Waals surface area contributed by atoms with Gasteiger partial charge in [-0.2, -0.15) is 0 Å². The molecule has 0 saturated heterocycles. The smallest absolute Gasteiger partial charge is 0.303 e. The van der Waals surface area contributed by atoms with Crippen molar-refractivity contribution in [2.24, 2.45) is 0 Å². The largest absolute Gasteiger partial charge is 0.481 e. The molecule has 0 amide bonds. The van der Waals surface area contributed by atoms with Crippen molar-refractivity contribution < 1.29 is 9.90 Å². The van der Waals surface area contributed by atoms with Crippen LogP contribution in [0.2, 0.25) is 0 Å². The summed E-state index contributed by atoms with van der Waals surface area (Å²) in [6.07, 6.45) is 17.5. The molecule has 0 aromatic rings. The zero-order chi connectivity index (χ0) is 15.6. The second kappa shape index (κ2) is 17.0. The van der Waals surface area contributed by atoms with Gasteiger partial charge in [0.2, 0.25) is 0 Å². The predicted octanol–water partition coefficient (Wildman–Crippen LogP) is 5.83. The number of unbranched alkanes of at least 4 members (excludes halogenated alkanes) is 8. The molecule has 0 unspecified atom stereocenters. The first-order valence-electron chi connectivity index (χ1n) is 7.87. The molecule has 1 N–H and O–H groups in total. The van der Waals surface area contributed by atoms with Crippen molar-refractivity contribution >= 4 is 21.9 Å². The topological polar surface area (TPSA) is 37.3 Å². The van der Waals surface area contributed by atoms with Crippen LogP contribution in [0.3, 0.4) is 0 Å². The average molecular weight is 355 g/mol. The number of carboxylic acid groups (broad SMARTS) is 1. The molecule has 0 aliphatic heterocycles. The van der Waals surface area contributed by atoms with Crippen LogP contribution in [-0.4, -0.2) is 11.1 Å². The number of carbonyl (C=O) groups is 1. The van der Waals surface area contributed by atoms with Gasteiger partial charge in [-0.25, -0.2) is 0 Å². The number of hydrogen-bond acceptors (Lipinski definition) is 1. The second-order valence-corrected chi connectivity index (χ2v) is 5.56. The molecule has 2 nitrogen and oxygen atoms in total. The molecule has 0 spiro atoms. The molecule has 0 aliphatic rings. The third-order valence-electron chi connectivity index (χ3n) is 3.08. The van der Waals surface area contributed by atoms with E-state index in [1.54, 1.807) is 0 Å². The standard InChI is InChI=1S/C18H27BrO2/c19-17-15-13-11-9-7-5-3-1-2-4-6-8-10-12-14-16-18(20)21/h8,10,15,17H,1-3,5,7,9,11-14,16H2,(H,20,21). The van der Waals surface area contributed by atoms with E-state index in [1.807, 2.05) is 17.1 Å². The van der Waals surface area contributed by atoms with E-state index in [1.165, 1.54) is 44.9 Å². The molecule has 0 saturated carbocycles. The van der Waals surface area contributed by atoms with Gasteiger partial charge in [-0.05, 0) is 43.2 Å². The van der Waals surface area contributed by atoms with Crippen LogP contribution in [0, 0.1) is 11.8 Å². The quantitative estimate of drug-likeness (QED) is 0.353. The summed E-state index contributed by atoms with van der Waals surface area (Å²) in [7, 11) is 0. The molecule has 0 bridgehead atoms. The van der Waals surface area contributed by atoms with Crippen molar-refractivity contribution in [1.29, 1.82) is 0 Å². The predicted molar refractivity (Wildman–Crippen MR) is 93.4 cm³/mol. The summed E-state index contributed by atoms with van der Waals surface area (Å²) in [5.41, 5.74) is 0. The van der Waals surface area contributed by atoms with Gasteiger partial charge < -0.3 is 5.11 Å². The molecule has 21 heavy (non-hydrogen) atoms. The van der Waals surface area contributed by atoms with E-state index in [4.69, 9.17) is 5.11 Å². The van der Waals surface area contributed by atoms with Crippen LogP contribution >= 0.6 is 15.9 Å². The third-order valence-corrected chi connectivity index (χ3v) is 3.45. The van der Waals surface area contributed by atoms with Crippen molar-refractivity contribution in [3.8, 4) is 11.8 Å². The van der Waals surface area contributed by atoms with Crippen molar-refractivity contribution in [3.63, 3.8) is 0 Å². The molecule has 0 heterocycles. The van der Waals surface area contributed by atoms with E-state index in [2.05, 4.69) is 33.8 Å². The monoisotopic (exact) mass is 354 g/mol. The van der Waals surface area contributed by atoms with Gasteiger partial charge in [-0.3, -0.25) is 4.79 Å². The van der Waals surface area contributed by atoms with Crippen molar-refractivity contribution in [1.82, 2.24) is 0 Å². The fourth-order valence-corrected chi connectivity index (χ4v) is 2.15. The molecule has 0 atom stereocenters. The maximum Gasteiger partial charge on any atom is 0.303 e. The lowest BCUT2D eigenvalue weighted by atomic mass is 10.1. The number of allylic oxidation sites excluding steroid dienone is 3. The Hall–Kier alpha value is -1.01. The van der Waals surface area contributed by atoms with Crippen LogP contribution in [-0.2, 0) is 4.79 Å². The molecule has 3 heteroatoms. The lowest BCUT2D eigenvalue weighted by Gasteiger charge is -1.98. The Balaban J connectivity index is 3.26. The number of halogens is 1. The van der Waals surface area contributed by atoms with Crippen molar-refractivity contribution in [2.75, 3.05) is 0 Å². The van der Waals surface area contributed by atoms with E-state index in [9.17, 15) is 4.79 Å². The summed E-state index contributed by atoms with van der Waals surface area (Å²) in [6.45, 7) is 0. The molecular formula is C18H27BrO2. The highest BCUT2D eigenvalue weighted by Gasteiger charge is 1.92. The Labute approximate surface area is 137 Å². The highest BCUT2D eigenvalue weighted by atomic mass is 79.9. The minimum atomic E-state index is -0.728. The Kier molecular flexibility index (Phi) is 16.2. The molecule has 118 valence electrons. The molecule has 0 fully saturated rings. The van der Waals surface area contributed by atoms with Gasteiger partial charge in [-0.1, -0.05) is 65.6 Å². The first-order valence-corrected chi connectivity index (χ1v) is 8.79. The first kappa shape index (κ1) is 20.0. The summed E-state index contributed by atoms with van der Waals surface area (Å²) in [5.74, 6) is 5.42. The van der Waals surface area contributed by atoms with E-state index in [-0.39, 0.29) is 6.42 Å².